The Labute approximate surface area is 123 Å². The summed E-state index contributed by atoms with van der Waals surface area (Å²) in [6.45, 7) is 13.2. The molecule has 0 N–H and O–H groups in total. The minimum atomic E-state index is -0.00420. The van der Waals surface area contributed by atoms with Gasteiger partial charge in [-0.1, -0.05) is 33.4 Å². The molecule has 0 fully saturated rings. The molecule has 0 aliphatic heterocycles. The summed E-state index contributed by atoms with van der Waals surface area (Å²) in [5.74, 6) is 0.378. The van der Waals surface area contributed by atoms with Gasteiger partial charge in [-0.3, -0.25) is 9.79 Å². The van der Waals surface area contributed by atoms with E-state index in [9.17, 15) is 4.79 Å². The number of allylic oxidation sites excluding steroid dienone is 2. The van der Waals surface area contributed by atoms with Crippen molar-refractivity contribution in [2.24, 2.45) is 10.9 Å². The summed E-state index contributed by atoms with van der Waals surface area (Å²) in [6.07, 6.45) is 4.71. The van der Waals surface area contributed by atoms with Gasteiger partial charge >= 0.3 is 0 Å². The fourth-order valence-corrected chi connectivity index (χ4v) is 1.75. The van der Waals surface area contributed by atoms with Crippen LogP contribution in [0.4, 0.5) is 0 Å². The zero-order valence-corrected chi connectivity index (χ0v) is 13.5. The van der Waals surface area contributed by atoms with Crippen LogP contribution in [0, 0.1) is 5.92 Å². The van der Waals surface area contributed by atoms with Crippen LogP contribution in [0.25, 0.3) is 0 Å². The van der Waals surface area contributed by atoms with Crippen molar-refractivity contribution in [2.45, 2.75) is 34.1 Å². The zero-order chi connectivity index (χ0) is 15.5. The van der Waals surface area contributed by atoms with Crippen molar-refractivity contribution in [2.75, 3.05) is 26.8 Å². The Balaban J connectivity index is 5.07. The second kappa shape index (κ2) is 10.4. The highest BCUT2D eigenvalue weighted by atomic mass is 16.5. The van der Waals surface area contributed by atoms with Gasteiger partial charge in [-0.2, -0.15) is 0 Å². The molecular weight excluding hydrogens is 252 g/mol. The van der Waals surface area contributed by atoms with Gasteiger partial charge in [0.05, 0.1) is 12.2 Å². The van der Waals surface area contributed by atoms with Crippen LogP contribution in [0.1, 0.15) is 34.1 Å². The molecule has 4 nitrogen and oxygen atoms in total. The highest BCUT2D eigenvalue weighted by molar-refractivity contribution is 5.93. The normalized spacial score (nSPS) is 12.7. The number of rotatable bonds is 9. The van der Waals surface area contributed by atoms with E-state index in [1.807, 2.05) is 6.92 Å². The Bertz CT molecular complexity index is 371. The highest BCUT2D eigenvalue weighted by Gasteiger charge is 2.14. The average Bonchev–Trinajstić information content (AvgIpc) is 2.37. The molecular formula is C16H28N2O2. The van der Waals surface area contributed by atoms with Gasteiger partial charge in [0.15, 0.2) is 0 Å². The first-order valence-electron chi connectivity index (χ1n) is 7.09. The van der Waals surface area contributed by atoms with E-state index in [1.54, 1.807) is 11.0 Å². The Kier molecular flexibility index (Phi) is 9.64. The Morgan fingerprint density at radius 2 is 2.10 bits per heavy atom. The zero-order valence-electron chi connectivity index (χ0n) is 13.5. The number of methoxy groups -OCH3 is 1. The summed E-state index contributed by atoms with van der Waals surface area (Å²) < 4.78 is 4.93. The Hall–Kier alpha value is -1.42. The van der Waals surface area contributed by atoms with Gasteiger partial charge in [0.25, 0.3) is 0 Å². The first-order chi connectivity index (χ1) is 9.44. The van der Waals surface area contributed by atoms with Crippen LogP contribution in [-0.4, -0.2) is 43.3 Å². The van der Waals surface area contributed by atoms with Crippen LogP contribution >= 0.6 is 0 Å². The van der Waals surface area contributed by atoms with Gasteiger partial charge in [0.2, 0.25) is 5.91 Å². The average molecular weight is 280 g/mol. The molecule has 0 unspecified atom stereocenters. The number of ether oxygens (including phenoxy) is 1. The van der Waals surface area contributed by atoms with Gasteiger partial charge in [-0.05, 0) is 25.3 Å². The molecule has 20 heavy (non-hydrogen) atoms. The third kappa shape index (κ3) is 7.89. The maximum Gasteiger partial charge on any atom is 0.248 e. The van der Waals surface area contributed by atoms with Crippen LogP contribution in [0.5, 0.6) is 0 Å². The predicted octanol–water partition coefficient (Wildman–Crippen LogP) is 3.06. The molecule has 0 radical (unpaired) electrons. The minimum absolute atomic E-state index is 0.00420. The molecule has 0 saturated carbocycles. The number of hydrogen-bond donors (Lipinski definition) is 0. The topological polar surface area (TPSA) is 41.9 Å². The van der Waals surface area contributed by atoms with Crippen LogP contribution in [0.2, 0.25) is 0 Å². The van der Waals surface area contributed by atoms with E-state index >= 15 is 0 Å². The van der Waals surface area contributed by atoms with E-state index in [-0.39, 0.29) is 12.5 Å². The van der Waals surface area contributed by atoms with Crippen LogP contribution in [0.3, 0.4) is 0 Å². The number of aliphatic imine (C=N–C) groups is 1. The smallest absolute Gasteiger partial charge is 0.248 e. The standard InChI is InChI=1S/C16H28N2O2/c1-7-9-18(16(19)12-20-6)11-15(10-13(3)4)17-14(5)8-2/h8,10,13H,2,7,9,11-12H2,1,3-6H3/b15-10-,17-14?. The third-order valence-corrected chi connectivity index (χ3v) is 2.61. The van der Waals surface area contributed by atoms with E-state index in [0.29, 0.717) is 19.0 Å². The molecule has 0 aromatic carbocycles. The third-order valence-electron chi connectivity index (χ3n) is 2.61. The maximum atomic E-state index is 12.0. The molecule has 0 saturated heterocycles. The van der Waals surface area contributed by atoms with Crippen LogP contribution in [0.15, 0.2) is 29.4 Å². The molecule has 0 bridgehead atoms. The van der Waals surface area contributed by atoms with Crippen molar-refractivity contribution in [1.29, 1.82) is 0 Å². The lowest BCUT2D eigenvalue weighted by Crippen LogP contribution is -2.36. The second-order valence-corrected chi connectivity index (χ2v) is 5.11. The summed E-state index contributed by atoms with van der Waals surface area (Å²) in [5, 5.41) is 0. The van der Waals surface area contributed by atoms with Gasteiger partial charge in [-0.25, -0.2) is 0 Å². The molecule has 0 aliphatic rings. The molecule has 114 valence electrons. The van der Waals surface area contributed by atoms with Crippen molar-refractivity contribution in [3.8, 4) is 0 Å². The number of hydrogen-bond acceptors (Lipinski definition) is 3. The van der Waals surface area contributed by atoms with E-state index in [0.717, 1.165) is 17.8 Å². The van der Waals surface area contributed by atoms with Crippen LogP contribution in [-0.2, 0) is 9.53 Å². The first-order valence-corrected chi connectivity index (χ1v) is 7.09. The highest BCUT2D eigenvalue weighted by Crippen LogP contribution is 2.09. The Morgan fingerprint density at radius 3 is 2.55 bits per heavy atom. The van der Waals surface area contributed by atoms with Gasteiger partial charge in [0.1, 0.15) is 6.61 Å². The van der Waals surface area contributed by atoms with Crippen LogP contribution < -0.4 is 0 Å². The quantitative estimate of drug-likeness (QED) is 0.609. The predicted molar refractivity (Wildman–Crippen MR) is 85.0 cm³/mol. The summed E-state index contributed by atoms with van der Waals surface area (Å²) in [4.78, 5) is 18.3. The molecule has 1 amide bonds. The number of carbonyl (C=O) groups is 1. The fourth-order valence-electron chi connectivity index (χ4n) is 1.75. The van der Waals surface area contributed by atoms with Crippen molar-refractivity contribution in [3.05, 3.63) is 24.4 Å². The van der Waals surface area contributed by atoms with Crippen molar-refractivity contribution >= 4 is 11.6 Å². The number of amides is 1. The number of nitrogens with zero attached hydrogens (tertiary/aromatic N) is 2. The lowest BCUT2D eigenvalue weighted by Gasteiger charge is -2.22. The molecule has 0 spiro atoms. The maximum absolute atomic E-state index is 12.0. The molecule has 0 aromatic rings. The summed E-state index contributed by atoms with van der Waals surface area (Å²) in [5.41, 5.74) is 1.75. The molecule has 4 heteroatoms. The van der Waals surface area contributed by atoms with E-state index < -0.39 is 0 Å². The van der Waals surface area contributed by atoms with Gasteiger partial charge in [-0.15, -0.1) is 0 Å². The fraction of sp³-hybridized carbons (Fsp3) is 0.625. The largest absolute Gasteiger partial charge is 0.375 e. The van der Waals surface area contributed by atoms with Crippen molar-refractivity contribution in [3.63, 3.8) is 0 Å². The summed E-state index contributed by atoms with van der Waals surface area (Å²) in [7, 11) is 1.53. The van der Waals surface area contributed by atoms with Crippen molar-refractivity contribution in [1.82, 2.24) is 4.90 Å². The van der Waals surface area contributed by atoms with E-state index in [1.165, 1.54) is 7.11 Å². The van der Waals surface area contributed by atoms with Gasteiger partial charge in [0, 0.05) is 19.4 Å². The van der Waals surface area contributed by atoms with E-state index in [4.69, 9.17) is 4.74 Å². The summed E-state index contributed by atoms with van der Waals surface area (Å²) >= 11 is 0. The molecule has 0 atom stereocenters. The van der Waals surface area contributed by atoms with Crippen molar-refractivity contribution < 1.29 is 9.53 Å². The Morgan fingerprint density at radius 1 is 1.45 bits per heavy atom. The van der Waals surface area contributed by atoms with Gasteiger partial charge < -0.3 is 9.64 Å². The second-order valence-electron chi connectivity index (χ2n) is 5.11. The SMILES string of the molecule is C=CC(C)=N/C(=C\C(C)C)CN(CCC)C(=O)COC. The minimum Gasteiger partial charge on any atom is -0.375 e. The lowest BCUT2D eigenvalue weighted by molar-refractivity contribution is -0.134. The summed E-state index contributed by atoms with van der Waals surface area (Å²) in [6, 6.07) is 0. The number of carbonyl (C=O) groups excluding carboxylic acids is 1. The molecule has 0 rings (SSSR count). The molecule has 0 aromatic heterocycles. The monoisotopic (exact) mass is 280 g/mol. The van der Waals surface area contributed by atoms with E-state index in [2.05, 4.69) is 38.4 Å². The molecule has 0 heterocycles. The lowest BCUT2D eigenvalue weighted by atomic mass is 10.1. The molecule has 0 aliphatic carbocycles. The first kappa shape index (κ1) is 18.6.